The van der Waals surface area contributed by atoms with E-state index in [4.69, 9.17) is 5.14 Å². The minimum Gasteiger partial charge on any atom is -0.326 e. The third kappa shape index (κ3) is 4.90. The molecule has 0 saturated carbocycles. The molecule has 0 aliphatic rings. The Kier molecular flexibility index (Phi) is 6.53. The summed E-state index contributed by atoms with van der Waals surface area (Å²) in [5.74, 6) is 0. The Morgan fingerprint density at radius 3 is 2.62 bits per heavy atom. The molecule has 0 atom stereocenters. The molecule has 0 unspecified atom stereocenters. The molecule has 4 N–H and O–H groups in total. The van der Waals surface area contributed by atoms with E-state index in [0.29, 0.717) is 22.9 Å². The summed E-state index contributed by atoms with van der Waals surface area (Å²) in [6.07, 6.45) is 5.43. The van der Waals surface area contributed by atoms with Gasteiger partial charge in [0.05, 0.1) is 4.90 Å². The number of unbranched alkanes of at least 4 members (excludes halogenated alkanes) is 3. The van der Waals surface area contributed by atoms with Crippen LogP contribution in [-0.4, -0.2) is 26.5 Å². The van der Waals surface area contributed by atoms with E-state index in [1.54, 1.807) is 12.1 Å². The van der Waals surface area contributed by atoms with Crippen molar-refractivity contribution in [2.45, 2.75) is 43.9 Å². The van der Waals surface area contributed by atoms with E-state index in [1.165, 1.54) is 31.4 Å². The predicted octanol–water partition coefficient (Wildman–Crippen LogP) is 1.89. The molecule has 0 amide bonds. The number of nitrogens with two attached hydrogens (primary N) is 1. The maximum Gasteiger partial charge on any atom is 0.256 e. The van der Waals surface area contributed by atoms with Gasteiger partial charge in [-0.2, -0.15) is 0 Å². The quantitative estimate of drug-likeness (QED) is 0.600. The molecule has 2 aromatic rings. The van der Waals surface area contributed by atoms with Crippen molar-refractivity contribution in [3.63, 3.8) is 0 Å². The van der Waals surface area contributed by atoms with Gasteiger partial charge in [-0.05, 0) is 31.2 Å². The van der Waals surface area contributed by atoms with Gasteiger partial charge >= 0.3 is 0 Å². The number of primary sulfonamides is 1. The number of H-pyrrole nitrogens is 1. The number of hydrogen-bond acceptors (Lipinski definition) is 4. The van der Waals surface area contributed by atoms with E-state index in [2.05, 4.69) is 17.2 Å². The standard InChI is InChI=1S/C17H25N3O3S/c1-2-3-4-5-10-19-11-9-13-12-15-14(17(21)20-13)7-6-8-16(15)24(18,22)23/h6-8,12,19H,2-5,9-11H2,1H3,(H,20,21)(H2,18,22,23). The molecule has 1 heterocycles. The summed E-state index contributed by atoms with van der Waals surface area (Å²) < 4.78 is 23.4. The van der Waals surface area contributed by atoms with Gasteiger partial charge in [-0.15, -0.1) is 0 Å². The first-order valence-corrected chi connectivity index (χ1v) is 9.86. The van der Waals surface area contributed by atoms with Gasteiger partial charge in [-0.25, -0.2) is 13.6 Å². The van der Waals surface area contributed by atoms with Crippen molar-refractivity contribution in [1.82, 2.24) is 10.3 Å². The van der Waals surface area contributed by atoms with Crippen molar-refractivity contribution in [1.29, 1.82) is 0 Å². The summed E-state index contributed by atoms with van der Waals surface area (Å²) >= 11 is 0. The first-order valence-electron chi connectivity index (χ1n) is 8.32. The minimum atomic E-state index is -3.87. The second-order valence-corrected chi connectivity index (χ2v) is 7.48. The van der Waals surface area contributed by atoms with E-state index >= 15 is 0 Å². The van der Waals surface area contributed by atoms with E-state index in [9.17, 15) is 13.2 Å². The molecular weight excluding hydrogens is 326 g/mol. The van der Waals surface area contributed by atoms with Crippen LogP contribution in [0.2, 0.25) is 0 Å². The molecule has 24 heavy (non-hydrogen) atoms. The van der Waals surface area contributed by atoms with Crippen molar-refractivity contribution in [3.05, 3.63) is 40.3 Å². The molecule has 0 aliphatic heterocycles. The summed E-state index contributed by atoms with van der Waals surface area (Å²) in [5, 5.41) is 9.30. The fourth-order valence-corrected chi connectivity index (χ4v) is 3.47. The lowest BCUT2D eigenvalue weighted by Crippen LogP contribution is -2.21. The fraction of sp³-hybridized carbons (Fsp3) is 0.471. The predicted molar refractivity (Wildman–Crippen MR) is 96.7 cm³/mol. The number of aromatic nitrogens is 1. The van der Waals surface area contributed by atoms with E-state index < -0.39 is 10.0 Å². The Bertz CT molecular complexity index is 844. The van der Waals surface area contributed by atoms with Gasteiger partial charge in [-0.3, -0.25) is 4.79 Å². The van der Waals surface area contributed by atoms with Gasteiger partial charge < -0.3 is 10.3 Å². The van der Waals surface area contributed by atoms with Gasteiger partial charge in [0, 0.05) is 29.4 Å². The highest BCUT2D eigenvalue weighted by atomic mass is 32.2. The molecular formula is C17H25N3O3S. The molecule has 6 nitrogen and oxygen atoms in total. The zero-order valence-electron chi connectivity index (χ0n) is 14.0. The Balaban J connectivity index is 2.11. The minimum absolute atomic E-state index is 0.0140. The number of sulfonamides is 1. The van der Waals surface area contributed by atoms with Crippen LogP contribution in [-0.2, 0) is 16.4 Å². The van der Waals surface area contributed by atoms with Crippen LogP contribution in [0.3, 0.4) is 0 Å². The SMILES string of the molecule is CCCCCCNCCc1cc2c(S(N)(=O)=O)cccc2c(=O)[nH]1. The highest BCUT2D eigenvalue weighted by molar-refractivity contribution is 7.89. The topological polar surface area (TPSA) is 105 Å². The van der Waals surface area contributed by atoms with E-state index in [0.717, 1.165) is 19.5 Å². The Morgan fingerprint density at radius 2 is 1.92 bits per heavy atom. The van der Waals surface area contributed by atoms with Crippen LogP contribution < -0.4 is 16.0 Å². The summed E-state index contributed by atoms with van der Waals surface area (Å²) in [6, 6.07) is 6.25. The summed E-state index contributed by atoms with van der Waals surface area (Å²) in [4.78, 5) is 15.0. The van der Waals surface area contributed by atoms with Crippen LogP contribution in [0.25, 0.3) is 10.8 Å². The van der Waals surface area contributed by atoms with Gasteiger partial charge in [0.2, 0.25) is 10.0 Å². The molecule has 7 heteroatoms. The zero-order valence-corrected chi connectivity index (χ0v) is 14.8. The number of rotatable bonds is 9. The fourth-order valence-electron chi connectivity index (χ4n) is 2.72. The molecule has 0 fully saturated rings. The van der Waals surface area contributed by atoms with E-state index in [1.807, 2.05) is 0 Å². The number of fused-ring (bicyclic) bond motifs is 1. The monoisotopic (exact) mass is 351 g/mol. The second-order valence-electron chi connectivity index (χ2n) is 5.95. The molecule has 0 saturated heterocycles. The highest BCUT2D eigenvalue weighted by Gasteiger charge is 2.14. The molecule has 0 bridgehead atoms. The first kappa shape index (κ1) is 18.6. The number of pyridine rings is 1. The molecule has 2 rings (SSSR count). The number of nitrogens with one attached hydrogen (secondary N) is 2. The van der Waals surface area contributed by atoms with Crippen molar-refractivity contribution >= 4 is 20.8 Å². The van der Waals surface area contributed by atoms with Gasteiger partial charge in [0.1, 0.15) is 0 Å². The molecule has 1 aromatic heterocycles. The average Bonchev–Trinajstić information content (AvgIpc) is 2.52. The van der Waals surface area contributed by atoms with Gasteiger partial charge in [0.15, 0.2) is 0 Å². The highest BCUT2D eigenvalue weighted by Crippen LogP contribution is 2.20. The van der Waals surface area contributed by atoms with Crippen molar-refractivity contribution in [3.8, 4) is 0 Å². The smallest absolute Gasteiger partial charge is 0.256 e. The lowest BCUT2D eigenvalue weighted by atomic mass is 10.1. The summed E-state index contributed by atoms with van der Waals surface area (Å²) in [5.41, 5.74) is 0.403. The third-order valence-electron chi connectivity index (χ3n) is 3.99. The maximum absolute atomic E-state index is 12.2. The van der Waals surface area contributed by atoms with Crippen LogP contribution in [0.15, 0.2) is 34.0 Å². The van der Waals surface area contributed by atoms with Gasteiger partial charge in [-0.1, -0.05) is 32.3 Å². The van der Waals surface area contributed by atoms with Crippen LogP contribution in [0.5, 0.6) is 0 Å². The van der Waals surface area contributed by atoms with Crippen LogP contribution in [0.1, 0.15) is 38.3 Å². The second kappa shape index (κ2) is 8.41. The first-order chi connectivity index (χ1) is 11.4. The van der Waals surface area contributed by atoms with E-state index in [-0.39, 0.29) is 10.5 Å². The molecule has 132 valence electrons. The largest absolute Gasteiger partial charge is 0.326 e. The average molecular weight is 351 g/mol. The van der Waals surface area contributed by atoms with Crippen LogP contribution in [0, 0.1) is 0 Å². The number of aromatic amines is 1. The lowest BCUT2D eigenvalue weighted by molar-refractivity contribution is 0.596. The summed E-state index contributed by atoms with van der Waals surface area (Å²) in [7, 11) is -3.87. The lowest BCUT2D eigenvalue weighted by Gasteiger charge is -2.08. The van der Waals surface area contributed by atoms with Crippen LogP contribution in [0.4, 0.5) is 0 Å². The number of hydrogen-bond donors (Lipinski definition) is 3. The molecule has 0 radical (unpaired) electrons. The third-order valence-corrected chi connectivity index (χ3v) is 4.96. The molecule has 1 aromatic carbocycles. The Labute approximate surface area is 142 Å². The normalized spacial score (nSPS) is 11.9. The molecule has 0 spiro atoms. The Morgan fingerprint density at radius 1 is 1.12 bits per heavy atom. The van der Waals surface area contributed by atoms with Crippen molar-refractivity contribution in [2.75, 3.05) is 13.1 Å². The van der Waals surface area contributed by atoms with Crippen molar-refractivity contribution < 1.29 is 8.42 Å². The van der Waals surface area contributed by atoms with Crippen molar-refractivity contribution in [2.24, 2.45) is 5.14 Å². The zero-order chi connectivity index (χ0) is 17.6. The van der Waals surface area contributed by atoms with Crippen LogP contribution >= 0.6 is 0 Å². The number of benzene rings is 1. The maximum atomic E-state index is 12.2. The summed E-state index contributed by atoms with van der Waals surface area (Å²) in [6.45, 7) is 3.85. The Hall–Kier alpha value is -1.70. The van der Waals surface area contributed by atoms with Gasteiger partial charge in [0.25, 0.3) is 5.56 Å². The molecule has 0 aliphatic carbocycles.